The molecular weight excluding hydrogens is 178 g/mol. The Hall–Kier alpha value is -1.16. The second-order valence-corrected chi connectivity index (χ2v) is 3.62. The number of hydrogen-bond acceptors (Lipinski definition) is 3. The molecule has 0 saturated heterocycles. The number of rotatable bonds is 3. The molecule has 4 nitrogen and oxygen atoms in total. The van der Waals surface area contributed by atoms with E-state index in [-0.39, 0.29) is 5.78 Å². The van der Waals surface area contributed by atoms with Gasteiger partial charge in [-0.1, -0.05) is 0 Å². The minimum Gasteiger partial charge on any atom is -0.326 e. The minimum atomic E-state index is 0.133. The maximum Gasteiger partial charge on any atom is 0.194 e. The summed E-state index contributed by atoms with van der Waals surface area (Å²) in [5.41, 5.74) is 0.758. The molecule has 0 bridgehead atoms. The van der Waals surface area contributed by atoms with Crippen LogP contribution >= 0.6 is 0 Å². The molecule has 0 saturated carbocycles. The van der Waals surface area contributed by atoms with Crippen molar-refractivity contribution in [2.24, 2.45) is 0 Å². The van der Waals surface area contributed by atoms with Crippen molar-refractivity contribution in [1.82, 2.24) is 14.9 Å². The zero-order valence-electron chi connectivity index (χ0n) is 8.42. The van der Waals surface area contributed by atoms with Crippen LogP contribution in [-0.4, -0.2) is 28.9 Å². The smallest absolute Gasteiger partial charge is 0.194 e. The molecule has 0 radical (unpaired) electrons. The molecule has 0 spiro atoms. The fraction of sp³-hybridized carbons (Fsp3) is 0.600. The van der Waals surface area contributed by atoms with E-state index < -0.39 is 0 Å². The van der Waals surface area contributed by atoms with Gasteiger partial charge in [0.25, 0.3) is 0 Å². The molecule has 76 valence electrons. The molecule has 2 rings (SSSR count). The van der Waals surface area contributed by atoms with Crippen molar-refractivity contribution in [2.45, 2.75) is 25.8 Å². The summed E-state index contributed by atoms with van der Waals surface area (Å²) in [5, 5.41) is 2.87. The largest absolute Gasteiger partial charge is 0.326 e. The Morgan fingerprint density at radius 1 is 1.64 bits per heavy atom. The van der Waals surface area contributed by atoms with E-state index in [2.05, 4.69) is 14.9 Å². The van der Waals surface area contributed by atoms with Gasteiger partial charge in [0.1, 0.15) is 11.5 Å². The Morgan fingerprint density at radius 3 is 3.29 bits per heavy atom. The number of aromatic nitrogens is 2. The number of hydrogen-bond donors (Lipinski definition) is 1. The first-order chi connectivity index (χ1) is 6.83. The summed E-state index contributed by atoms with van der Waals surface area (Å²) >= 11 is 0. The molecule has 14 heavy (non-hydrogen) atoms. The first kappa shape index (κ1) is 9.40. The van der Waals surface area contributed by atoms with Crippen LogP contribution in [0.2, 0.25) is 0 Å². The van der Waals surface area contributed by atoms with Gasteiger partial charge in [-0.25, -0.2) is 4.98 Å². The van der Waals surface area contributed by atoms with Crippen molar-refractivity contribution in [3.05, 3.63) is 17.7 Å². The summed E-state index contributed by atoms with van der Waals surface area (Å²) in [6.45, 7) is 1.34. The van der Waals surface area contributed by atoms with E-state index in [1.54, 1.807) is 13.2 Å². The van der Waals surface area contributed by atoms with Crippen molar-refractivity contribution < 1.29 is 4.79 Å². The summed E-state index contributed by atoms with van der Waals surface area (Å²) in [6, 6.07) is 0. The number of aryl methyl sites for hydroxylation is 1. The minimum absolute atomic E-state index is 0.133. The third-order valence-electron chi connectivity index (χ3n) is 2.59. The molecule has 1 aliphatic heterocycles. The van der Waals surface area contributed by atoms with Crippen LogP contribution < -0.4 is 5.32 Å². The first-order valence-corrected chi connectivity index (χ1v) is 5.05. The Morgan fingerprint density at radius 2 is 2.50 bits per heavy atom. The molecule has 0 atom stereocenters. The lowest BCUT2D eigenvalue weighted by molar-refractivity contribution is 0.0983. The van der Waals surface area contributed by atoms with Crippen molar-refractivity contribution in [3.63, 3.8) is 0 Å². The van der Waals surface area contributed by atoms with E-state index in [4.69, 9.17) is 0 Å². The van der Waals surface area contributed by atoms with Crippen molar-refractivity contribution >= 4 is 5.78 Å². The highest BCUT2D eigenvalue weighted by Gasteiger charge is 2.17. The van der Waals surface area contributed by atoms with Crippen LogP contribution in [0.25, 0.3) is 0 Å². The van der Waals surface area contributed by atoms with Crippen molar-refractivity contribution in [1.29, 1.82) is 0 Å². The van der Waals surface area contributed by atoms with E-state index >= 15 is 0 Å². The summed E-state index contributed by atoms with van der Waals surface area (Å²) in [4.78, 5) is 15.9. The van der Waals surface area contributed by atoms with Gasteiger partial charge in [-0.2, -0.15) is 0 Å². The fourth-order valence-corrected chi connectivity index (χ4v) is 1.89. The Bertz CT molecular complexity index is 343. The van der Waals surface area contributed by atoms with Gasteiger partial charge in [0.15, 0.2) is 5.78 Å². The predicted molar refractivity (Wildman–Crippen MR) is 53.4 cm³/mol. The number of nitrogens with zero attached hydrogens (tertiary/aromatic N) is 2. The highest BCUT2D eigenvalue weighted by Crippen LogP contribution is 2.16. The van der Waals surface area contributed by atoms with Crippen LogP contribution in [0.1, 0.15) is 29.2 Å². The Kier molecular flexibility index (Phi) is 2.63. The number of carbonyl (C=O) groups excluding carboxylic acids is 1. The van der Waals surface area contributed by atoms with E-state index in [0.29, 0.717) is 6.54 Å². The van der Waals surface area contributed by atoms with E-state index in [0.717, 1.165) is 30.9 Å². The van der Waals surface area contributed by atoms with E-state index in [1.807, 2.05) is 0 Å². The van der Waals surface area contributed by atoms with Crippen LogP contribution in [0, 0.1) is 0 Å². The monoisotopic (exact) mass is 193 g/mol. The molecule has 0 aliphatic carbocycles. The standard InChI is InChI=1S/C10H15N3O/c1-11-7-9(14)8-6-12-10-4-2-3-5-13(8)10/h6,11H,2-5,7H2,1H3. The summed E-state index contributed by atoms with van der Waals surface area (Å²) in [7, 11) is 1.78. The van der Waals surface area contributed by atoms with Gasteiger partial charge in [-0.3, -0.25) is 4.79 Å². The van der Waals surface area contributed by atoms with Gasteiger partial charge < -0.3 is 9.88 Å². The molecule has 4 heteroatoms. The molecule has 1 N–H and O–H groups in total. The lowest BCUT2D eigenvalue weighted by Crippen LogP contribution is -2.23. The van der Waals surface area contributed by atoms with Gasteiger partial charge in [-0.05, 0) is 19.9 Å². The average Bonchev–Trinajstić information content (AvgIpc) is 2.61. The van der Waals surface area contributed by atoms with E-state index in [9.17, 15) is 4.79 Å². The zero-order valence-corrected chi connectivity index (χ0v) is 8.42. The topological polar surface area (TPSA) is 46.9 Å². The van der Waals surface area contributed by atoms with Gasteiger partial charge in [-0.15, -0.1) is 0 Å². The predicted octanol–water partition coefficient (Wildman–Crippen LogP) is 0.621. The molecule has 0 amide bonds. The van der Waals surface area contributed by atoms with Gasteiger partial charge >= 0.3 is 0 Å². The maximum atomic E-state index is 11.7. The lowest BCUT2D eigenvalue weighted by atomic mass is 10.1. The quantitative estimate of drug-likeness (QED) is 0.716. The number of nitrogens with one attached hydrogen (secondary N) is 1. The normalized spacial score (nSPS) is 15.2. The third kappa shape index (κ3) is 1.57. The first-order valence-electron chi connectivity index (χ1n) is 5.05. The van der Waals surface area contributed by atoms with Crippen LogP contribution in [-0.2, 0) is 13.0 Å². The number of imidazole rings is 1. The number of fused-ring (bicyclic) bond motifs is 1. The highest BCUT2D eigenvalue weighted by molar-refractivity contribution is 5.96. The van der Waals surface area contributed by atoms with Crippen molar-refractivity contribution in [3.8, 4) is 0 Å². The van der Waals surface area contributed by atoms with Crippen molar-refractivity contribution in [2.75, 3.05) is 13.6 Å². The third-order valence-corrected chi connectivity index (χ3v) is 2.59. The molecule has 0 aromatic carbocycles. The fourth-order valence-electron chi connectivity index (χ4n) is 1.89. The number of ketones is 1. The number of Topliss-reactive ketones (excluding diaryl/α,β-unsaturated/α-hetero) is 1. The Balaban J connectivity index is 2.25. The lowest BCUT2D eigenvalue weighted by Gasteiger charge is -2.15. The van der Waals surface area contributed by atoms with Crippen LogP contribution in [0.5, 0.6) is 0 Å². The van der Waals surface area contributed by atoms with Gasteiger partial charge in [0, 0.05) is 13.0 Å². The summed E-state index contributed by atoms with van der Waals surface area (Å²) in [5.74, 6) is 1.20. The molecular formula is C10H15N3O. The highest BCUT2D eigenvalue weighted by atomic mass is 16.1. The van der Waals surface area contributed by atoms with Crippen LogP contribution in [0.4, 0.5) is 0 Å². The van der Waals surface area contributed by atoms with Crippen LogP contribution in [0.15, 0.2) is 6.20 Å². The van der Waals surface area contributed by atoms with Crippen LogP contribution in [0.3, 0.4) is 0 Å². The Labute approximate surface area is 83.3 Å². The summed E-state index contributed by atoms with van der Waals surface area (Å²) < 4.78 is 2.06. The second-order valence-electron chi connectivity index (χ2n) is 3.62. The van der Waals surface area contributed by atoms with Gasteiger partial charge in [0.2, 0.25) is 0 Å². The second kappa shape index (κ2) is 3.92. The molecule has 1 aliphatic rings. The SMILES string of the molecule is CNCC(=O)c1cnc2n1CCCC2. The number of likely N-dealkylation sites (N-methyl/N-ethyl adjacent to an activating group) is 1. The number of carbonyl (C=O) groups is 1. The molecule has 1 aromatic heterocycles. The molecule has 0 unspecified atom stereocenters. The molecule has 1 aromatic rings. The van der Waals surface area contributed by atoms with Gasteiger partial charge in [0.05, 0.1) is 12.7 Å². The van der Waals surface area contributed by atoms with E-state index in [1.165, 1.54) is 6.42 Å². The zero-order chi connectivity index (χ0) is 9.97. The molecule has 2 heterocycles. The molecule has 0 fully saturated rings. The summed E-state index contributed by atoms with van der Waals surface area (Å²) in [6.07, 6.45) is 5.06. The average molecular weight is 193 g/mol. The maximum absolute atomic E-state index is 11.7.